The molecule has 0 aromatic heterocycles. The van der Waals surface area contributed by atoms with Gasteiger partial charge in [0.15, 0.2) is 0 Å². The van der Waals surface area contributed by atoms with Crippen molar-refractivity contribution in [3.05, 3.63) is 29.8 Å². The van der Waals surface area contributed by atoms with Crippen LogP contribution in [0, 0.1) is 5.92 Å². The molecule has 0 aliphatic carbocycles. The molecule has 1 aromatic rings. The maximum Gasteiger partial charge on any atom is 0.119 e. The second-order valence-electron chi connectivity index (χ2n) is 5.66. The second-order valence-corrected chi connectivity index (χ2v) is 5.66. The molecule has 0 bridgehead atoms. The van der Waals surface area contributed by atoms with Crippen LogP contribution in [0.1, 0.15) is 39.7 Å². The molecule has 0 saturated heterocycles. The Bertz CT molecular complexity index is 320. The van der Waals surface area contributed by atoms with Crippen molar-refractivity contribution in [3.63, 3.8) is 0 Å². The zero-order valence-electron chi connectivity index (χ0n) is 11.4. The van der Waals surface area contributed by atoms with Gasteiger partial charge in [0.2, 0.25) is 0 Å². The van der Waals surface area contributed by atoms with Crippen LogP contribution in [0.2, 0.25) is 0 Å². The molecular formula is C15H24O2. The molecule has 1 aromatic carbocycles. The van der Waals surface area contributed by atoms with Crippen molar-refractivity contribution >= 4 is 0 Å². The zero-order chi connectivity index (χ0) is 12.9. The van der Waals surface area contributed by atoms with E-state index >= 15 is 0 Å². The third-order valence-corrected chi connectivity index (χ3v) is 2.53. The van der Waals surface area contributed by atoms with Crippen LogP contribution in [-0.4, -0.2) is 17.3 Å². The molecule has 0 radical (unpaired) electrons. The van der Waals surface area contributed by atoms with Gasteiger partial charge in [0.05, 0.1) is 12.2 Å². The highest BCUT2D eigenvalue weighted by Gasteiger charge is 2.11. The number of benzene rings is 1. The van der Waals surface area contributed by atoms with Crippen LogP contribution >= 0.6 is 0 Å². The standard InChI is InChI=1S/C15H24O2/c1-12(2)11-17-14-7-5-13(6-8-14)9-10-15(3,4)16/h5-8,12,16H,9-11H2,1-4H3. The molecule has 0 aliphatic heterocycles. The zero-order valence-corrected chi connectivity index (χ0v) is 11.4. The quantitative estimate of drug-likeness (QED) is 0.820. The van der Waals surface area contributed by atoms with Crippen LogP contribution in [0.25, 0.3) is 0 Å². The van der Waals surface area contributed by atoms with Crippen LogP contribution in [0.4, 0.5) is 0 Å². The number of hydrogen-bond donors (Lipinski definition) is 1. The fourth-order valence-corrected chi connectivity index (χ4v) is 1.47. The van der Waals surface area contributed by atoms with Crippen molar-refractivity contribution in [1.29, 1.82) is 0 Å². The summed E-state index contributed by atoms with van der Waals surface area (Å²) < 4.78 is 5.62. The second kappa shape index (κ2) is 6.06. The molecule has 0 amide bonds. The first-order valence-corrected chi connectivity index (χ1v) is 6.31. The fraction of sp³-hybridized carbons (Fsp3) is 0.600. The van der Waals surface area contributed by atoms with Crippen molar-refractivity contribution in [2.75, 3.05) is 6.61 Å². The molecular weight excluding hydrogens is 212 g/mol. The summed E-state index contributed by atoms with van der Waals surface area (Å²) in [4.78, 5) is 0. The molecule has 0 heterocycles. The number of aliphatic hydroxyl groups is 1. The Hall–Kier alpha value is -1.02. The van der Waals surface area contributed by atoms with E-state index in [4.69, 9.17) is 4.74 Å². The smallest absolute Gasteiger partial charge is 0.119 e. The highest BCUT2D eigenvalue weighted by atomic mass is 16.5. The molecule has 2 nitrogen and oxygen atoms in total. The summed E-state index contributed by atoms with van der Waals surface area (Å²) in [5.74, 6) is 1.47. The van der Waals surface area contributed by atoms with E-state index in [2.05, 4.69) is 26.0 Å². The Morgan fingerprint density at radius 2 is 1.76 bits per heavy atom. The normalized spacial score (nSPS) is 11.9. The largest absolute Gasteiger partial charge is 0.493 e. The molecule has 2 heteroatoms. The van der Waals surface area contributed by atoms with E-state index in [9.17, 15) is 5.11 Å². The van der Waals surface area contributed by atoms with E-state index in [1.54, 1.807) is 0 Å². The SMILES string of the molecule is CC(C)COc1ccc(CCC(C)(C)O)cc1. The first-order chi connectivity index (χ1) is 7.87. The predicted molar refractivity (Wildman–Crippen MR) is 71.4 cm³/mol. The summed E-state index contributed by atoms with van der Waals surface area (Å²) >= 11 is 0. The van der Waals surface area contributed by atoms with Crippen LogP contribution in [0.5, 0.6) is 5.75 Å². The Kier molecular flexibility index (Phi) is 5.01. The van der Waals surface area contributed by atoms with Crippen molar-refractivity contribution in [2.24, 2.45) is 5.92 Å². The summed E-state index contributed by atoms with van der Waals surface area (Å²) in [7, 11) is 0. The minimum atomic E-state index is -0.590. The van der Waals surface area contributed by atoms with Gasteiger partial charge >= 0.3 is 0 Å². The molecule has 96 valence electrons. The molecule has 0 spiro atoms. The molecule has 0 atom stereocenters. The Morgan fingerprint density at radius 1 is 1.18 bits per heavy atom. The summed E-state index contributed by atoms with van der Waals surface area (Å²) in [6.45, 7) is 8.71. The molecule has 0 fully saturated rings. The van der Waals surface area contributed by atoms with E-state index in [0.29, 0.717) is 5.92 Å². The van der Waals surface area contributed by atoms with E-state index in [1.165, 1.54) is 5.56 Å². The fourth-order valence-electron chi connectivity index (χ4n) is 1.47. The monoisotopic (exact) mass is 236 g/mol. The number of aryl methyl sites for hydroxylation is 1. The van der Waals surface area contributed by atoms with Crippen LogP contribution in [0.15, 0.2) is 24.3 Å². The van der Waals surface area contributed by atoms with Gasteiger partial charge in [0.25, 0.3) is 0 Å². The highest BCUT2D eigenvalue weighted by Crippen LogP contribution is 2.17. The number of ether oxygens (including phenoxy) is 1. The summed E-state index contributed by atoms with van der Waals surface area (Å²) in [5, 5.41) is 9.65. The lowest BCUT2D eigenvalue weighted by Crippen LogP contribution is -2.19. The topological polar surface area (TPSA) is 29.5 Å². The maximum absolute atomic E-state index is 9.65. The molecule has 0 aliphatic rings. The van der Waals surface area contributed by atoms with Gasteiger partial charge in [-0.2, -0.15) is 0 Å². The van der Waals surface area contributed by atoms with Gasteiger partial charge in [-0.3, -0.25) is 0 Å². The van der Waals surface area contributed by atoms with Gasteiger partial charge < -0.3 is 9.84 Å². The van der Waals surface area contributed by atoms with Gasteiger partial charge in [0, 0.05) is 0 Å². The third-order valence-electron chi connectivity index (χ3n) is 2.53. The van der Waals surface area contributed by atoms with Gasteiger partial charge in [-0.25, -0.2) is 0 Å². The van der Waals surface area contributed by atoms with Crippen molar-refractivity contribution in [3.8, 4) is 5.75 Å². The molecule has 1 N–H and O–H groups in total. The highest BCUT2D eigenvalue weighted by molar-refractivity contribution is 5.27. The summed E-state index contributed by atoms with van der Waals surface area (Å²) in [6, 6.07) is 8.15. The first kappa shape index (κ1) is 14.0. The number of hydrogen-bond acceptors (Lipinski definition) is 2. The molecule has 0 unspecified atom stereocenters. The minimum absolute atomic E-state index is 0.546. The van der Waals surface area contributed by atoms with E-state index in [1.807, 2.05) is 26.0 Å². The summed E-state index contributed by atoms with van der Waals surface area (Å²) in [6.07, 6.45) is 1.67. The van der Waals surface area contributed by atoms with Gasteiger partial charge in [-0.15, -0.1) is 0 Å². The Labute approximate surface area is 105 Å². The van der Waals surface area contributed by atoms with Gasteiger partial charge in [0.1, 0.15) is 5.75 Å². The molecule has 0 saturated carbocycles. The molecule has 17 heavy (non-hydrogen) atoms. The molecule has 1 rings (SSSR count). The van der Waals surface area contributed by atoms with E-state index < -0.39 is 5.60 Å². The number of rotatable bonds is 6. The lowest BCUT2D eigenvalue weighted by Gasteiger charge is -2.16. The van der Waals surface area contributed by atoms with Crippen molar-refractivity contribution in [2.45, 2.75) is 46.1 Å². The van der Waals surface area contributed by atoms with E-state index in [-0.39, 0.29) is 0 Å². The van der Waals surface area contributed by atoms with Crippen LogP contribution in [0.3, 0.4) is 0 Å². The van der Waals surface area contributed by atoms with Gasteiger partial charge in [-0.05, 0) is 50.3 Å². The Morgan fingerprint density at radius 3 is 2.24 bits per heavy atom. The van der Waals surface area contributed by atoms with Crippen molar-refractivity contribution in [1.82, 2.24) is 0 Å². The summed E-state index contributed by atoms with van der Waals surface area (Å²) in [5.41, 5.74) is 0.649. The van der Waals surface area contributed by atoms with Crippen LogP contribution < -0.4 is 4.74 Å². The maximum atomic E-state index is 9.65. The minimum Gasteiger partial charge on any atom is -0.493 e. The predicted octanol–water partition coefficient (Wildman–Crippen LogP) is 3.42. The van der Waals surface area contributed by atoms with Crippen LogP contribution in [-0.2, 0) is 6.42 Å². The van der Waals surface area contributed by atoms with E-state index in [0.717, 1.165) is 25.2 Å². The third kappa shape index (κ3) is 6.32. The first-order valence-electron chi connectivity index (χ1n) is 6.31. The Balaban J connectivity index is 2.45. The van der Waals surface area contributed by atoms with Crippen molar-refractivity contribution < 1.29 is 9.84 Å². The lowest BCUT2D eigenvalue weighted by molar-refractivity contribution is 0.0714. The lowest BCUT2D eigenvalue weighted by atomic mass is 9.99. The van der Waals surface area contributed by atoms with Gasteiger partial charge in [-0.1, -0.05) is 26.0 Å². The average Bonchev–Trinajstić information content (AvgIpc) is 2.24. The average molecular weight is 236 g/mol.